The molecule has 0 saturated carbocycles. The Kier molecular flexibility index (Phi) is 6.02. The van der Waals surface area contributed by atoms with Crippen molar-refractivity contribution in [1.82, 2.24) is 0 Å². The molecule has 0 aromatic heterocycles. The van der Waals surface area contributed by atoms with E-state index in [9.17, 15) is 4.79 Å². The van der Waals surface area contributed by atoms with Gasteiger partial charge in [0.15, 0.2) is 5.78 Å². The summed E-state index contributed by atoms with van der Waals surface area (Å²) >= 11 is 0. The Morgan fingerprint density at radius 1 is 1.53 bits per heavy atom. The number of rotatable bonds is 5. The second-order valence-corrected chi connectivity index (χ2v) is 3.16. The van der Waals surface area contributed by atoms with Gasteiger partial charge in [-0.3, -0.25) is 9.79 Å². The van der Waals surface area contributed by atoms with Gasteiger partial charge in [-0.1, -0.05) is 30.9 Å². The number of Topliss-reactive ketones (excluding diaryl/α,β-unsaturated/α-hetero) is 1. The summed E-state index contributed by atoms with van der Waals surface area (Å²) in [5, 5.41) is 0. The monoisotopic (exact) mass is 206 g/mol. The number of nitrogens with zero attached hydrogens (tertiary/aromatic N) is 1. The van der Waals surface area contributed by atoms with E-state index in [-0.39, 0.29) is 5.78 Å². The summed E-state index contributed by atoms with van der Waals surface area (Å²) in [4.78, 5) is 15.1. The van der Waals surface area contributed by atoms with Crippen LogP contribution in [0.3, 0.4) is 0 Å². The van der Waals surface area contributed by atoms with Crippen molar-refractivity contribution in [3.63, 3.8) is 0 Å². The Balaban J connectivity index is 4.93. The SMILES string of the molecule is C=CC=C(C=CC)C(N)=NC(C)C(C)=O. The molecular formula is C12H18N2O. The van der Waals surface area contributed by atoms with Crippen LogP contribution in [0.25, 0.3) is 0 Å². The summed E-state index contributed by atoms with van der Waals surface area (Å²) in [5.41, 5.74) is 6.52. The zero-order chi connectivity index (χ0) is 11.8. The molecule has 0 radical (unpaired) electrons. The lowest BCUT2D eigenvalue weighted by Crippen LogP contribution is -2.20. The van der Waals surface area contributed by atoms with Crippen LogP contribution in [-0.4, -0.2) is 17.7 Å². The number of amidine groups is 1. The molecule has 0 saturated heterocycles. The number of hydrogen-bond acceptors (Lipinski definition) is 2. The summed E-state index contributed by atoms with van der Waals surface area (Å²) in [6, 6.07) is -0.400. The summed E-state index contributed by atoms with van der Waals surface area (Å²) < 4.78 is 0. The van der Waals surface area contributed by atoms with E-state index < -0.39 is 6.04 Å². The molecule has 0 aliphatic carbocycles. The van der Waals surface area contributed by atoms with Crippen molar-refractivity contribution in [2.24, 2.45) is 10.7 Å². The molecule has 0 aromatic rings. The molecule has 82 valence electrons. The van der Waals surface area contributed by atoms with Crippen LogP contribution in [0.15, 0.2) is 41.4 Å². The van der Waals surface area contributed by atoms with Gasteiger partial charge >= 0.3 is 0 Å². The van der Waals surface area contributed by atoms with Crippen LogP contribution < -0.4 is 5.73 Å². The molecule has 1 atom stereocenters. The van der Waals surface area contributed by atoms with E-state index in [0.717, 1.165) is 5.57 Å². The highest BCUT2D eigenvalue weighted by Crippen LogP contribution is 2.01. The first-order valence-electron chi connectivity index (χ1n) is 4.82. The maximum atomic E-state index is 11.0. The number of ketones is 1. The van der Waals surface area contributed by atoms with E-state index in [1.165, 1.54) is 6.92 Å². The normalized spacial score (nSPS) is 15.4. The van der Waals surface area contributed by atoms with Crippen molar-refractivity contribution >= 4 is 11.6 Å². The number of aliphatic imine (C=N–C) groups is 1. The van der Waals surface area contributed by atoms with Crippen molar-refractivity contribution < 1.29 is 4.79 Å². The van der Waals surface area contributed by atoms with Crippen LogP contribution in [0.5, 0.6) is 0 Å². The standard InChI is InChI=1S/C12H18N2O/c1-5-7-11(8-6-2)12(13)14-9(3)10(4)15/h5-9H,1H2,2-4H3,(H2,13,14). The summed E-state index contributed by atoms with van der Waals surface area (Å²) in [5.74, 6) is 0.354. The number of nitrogens with two attached hydrogens (primary N) is 1. The van der Waals surface area contributed by atoms with Gasteiger partial charge in [0.25, 0.3) is 0 Å². The van der Waals surface area contributed by atoms with E-state index in [0.29, 0.717) is 5.84 Å². The van der Waals surface area contributed by atoms with Gasteiger partial charge in [0, 0.05) is 5.57 Å². The maximum Gasteiger partial charge on any atom is 0.154 e. The minimum Gasteiger partial charge on any atom is -0.383 e. The zero-order valence-corrected chi connectivity index (χ0v) is 9.53. The molecule has 15 heavy (non-hydrogen) atoms. The van der Waals surface area contributed by atoms with Crippen molar-refractivity contribution in [2.45, 2.75) is 26.8 Å². The fraction of sp³-hybridized carbons (Fsp3) is 0.333. The molecule has 0 heterocycles. The first-order chi connectivity index (χ1) is 7.02. The second kappa shape index (κ2) is 6.76. The fourth-order valence-corrected chi connectivity index (χ4v) is 0.907. The number of allylic oxidation sites excluding steroid dienone is 3. The van der Waals surface area contributed by atoms with Crippen LogP contribution in [0, 0.1) is 0 Å². The van der Waals surface area contributed by atoms with E-state index >= 15 is 0 Å². The Morgan fingerprint density at radius 3 is 2.53 bits per heavy atom. The largest absolute Gasteiger partial charge is 0.383 e. The predicted molar refractivity (Wildman–Crippen MR) is 64.9 cm³/mol. The minimum atomic E-state index is -0.400. The van der Waals surface area contributed by atoms with Gasteiger partial charge in [0.05, 0.1) is 0 Å². The predicted octanol–water partition coefficient (Wildman–Crippen LogP) is 2.01. The Hall–Kier alpha value is -1.64. The van der Waals surface area contributed by atoms with Crippen molar-refractivity contribution in [1.29, 1.82) is 0 Å². The summed E-state index contributed by atoms with van der Waals surface area (Å²) in [6.45, 7) is 8.69. The fourth-order valence-electron chi connectivity index (χ4n) is 0.907. The third-order valence-electron chi connectivity index (χ3n) is 1.86. The Bertz CT molecular complexity index is 325. The summed E-state index contributed by atoms with van der Waals surface area (Å²) in [7, 11) is 0. The number of hydrogen-bond donors (Lipinski definition) is 1. The van der Waals surface area contributed by atoms with Gasteiger partial charge in [-0.25, -0.2) is 0 Å². The van der Waals surface area contributed by atoms with E-state index in [2.05, 4.69) is 11.6 Å². The highest BCUT2D eigenvalue weighted by atomic mass is 16.1. The van der Waals surface area contributed by atoms with Crippen molar-refractivity contribution in [3.8, 4) is 0 Å². The van der Waals surface area contributed by atoms with Crippen LogP contribution in [0.1, 0.15) is 20.8 Å². The molecule has 3 nitrogen and oxygen atoms in total. The van der Waals surface area contributed by atoms with Crippen LogP contribution in [0.4, 0.5) is 0 Å². The van der Waals surface area contributed by atoms with Gasteiger partial charge in [0.2, 0.25) is 0 Å². The average molecular weight is 206 g/mol. The molecule has 0 aromatic carbocycles. The zero-order valence-electron chi connectivity index (χ0n) is 9.53. The third kappa shape index (κ3) is 4.96. The topological polar surface area (TPSA) is 55.4 Å². The number of carbonyl (C=O) groups excluding carboxylic acids is 1. The van der Waals surface area contributed by atoms with Gasteiger partial charge in [-0.15, -0.1) is 0 Å². The van der Waals surface area contributed by atoms with Crippen LogP contribution in [0.2, 0.25) is 0 Å². The minimum absolute atomic E-state index is 0.00335. The van der Waals surface area contributed by atoms with E-state index in [4.69, 9.17) is 5.73 Å². The molecule has 0 spiro atoms. The lowest BCUT2D eigenvalue weighted by atomic mass is 10.2. The smallest absolute Gasteiger partial charge is 0.154 e. The van der Waals surface area contributed by atoms with Crippen LogP contribution >= 0.6 is 0 Å². The first-order valence-corrected chi connectivity index (χ1v) is 4.82. The van der Waals surface area contributed by atoms with Gasteiger partial charge in [-0.2, -0.15) is 0 Å². The highest BCUT2D eigenvalue weighted by molar-refractivity contribution is 6.01. The third-order valence-corrected chi connectivity index (χ3v) is 1.86. The van der Waals surface area contributed by atoms with Crippen molar-refractivity contribution in [2.75, 3.05) is 0 Å². The quantitative estimate of drug-likeness (QED) is 0.425. The Morgan fingerprint density at radius 2 is 2.13 bits per heavy atom. The van der Waals surface area contributed by atoms with Gasteiger partial charge in [0.1, 0.15) is 11.9 Å². The Labute approximate surface area is 91.1 Å². The average Bonchev–Trinajstić information content (AvgIpc) is 2.17. The lowest BCUT2D eigenvalue weighted by Gasteiger charge is -2.05. The molecule has 3 heteroatoms. The first kappa shape index (κ1) is 13.4. The molecule has 1 unspecified atom stereocenters. The second-order valence-electron chi connectivity index (χ2n) is 3.16. The lowest BCUT2D eigenvalue weighted by molar-refractivity contribution is -0.117. The van der Waals surface area contributed by atoms with Gasteiger partial charge in [-0.05, 0) is 20.8 Å². The molecule has 0 aliphatic heterocycles. The van der Waals surface area contributed by atoms with E-state index in [1.807, 2.05) is 19.1 Å². The van der Waals surface area contributed by atoms with Crippen LogP contribution in [-0.2, 0) is 4.79 Å². The van der Waals surface area contributed by atoms with Gasteiger partial charge < -0.3 is 5.73 Å². The van der Waals surface area contributed by atoms with Crippen molar-refractivity contribution in [3.05, 3.63) is 36.5 Å². The molecule has 0 fully saturated rings. The molecule has 0 rings (SSSR count). The molecule has 0 bridgehead atoms. The molecule has 0 aliphatic rings. The van der Waals surface area contributed by atoms with E-state index in [1.54, 1.807) is 19.1 Å². The number of carbonyl (C=O) groups is 1. The highest BCUT2D eigenvalue weighted by Gasteiger charge is 2.06. The molecule has 0 amide bonds. The summed E-state index contributed by atoms with van der Waals surface area (Å²) in [6.07, 6.45) is 7.07. The maximum absolute atomic E-state index is 11.0. The molecular weight excluding hydrogens is 188 g/mol. The molecule has 2 N–H and O–H groups in total.